The highest BCUT2D eigenvalue weighted by Crippen LogP contribution is 2.23. The smallest absolute Gasteiger partial charge is 0.0643 e. The van der Waals surface area contributed by atoms with Gasteiger partial charge in [-0.05, 0) is 23.3 Å². The topological polar surface area (TPSA) is 34.1 Å². The van der Waals surface area contributed by atoms with Crippen LogP contribution in [-0.2, 0) is 4.74 Å². The van der Waals surface area contributed by atoms with Gasteiger partial charge in [-0.25, -0.2) is 0 Å². The molecule has 0 aliphatic carbocycles. The van der Waals surface area contributed by atoms with Crippen LogP contribution < -0.4 is 5.32 Å². The van der Waals surface area contributed by atoms with Crippen LogP contribution in [0.15, 0.2) is 54.9 Å². The zero-order valence-corrected chi connectivity index (χ0v) is 10.1. The molecule has 3 nitrogen and oxygen atoms in total. The number of nitrogens with one attached hydrogen (secondary N) is 1. The molecule has 1 aliphatic rings. The Morgan fingerprint density at radius 2 is 1.67 bits per heavy atom. The van der Waals surface area contributed by atoms with Gasteiger partial charge in [-0.15, -0.1) is 0 Å². The highest BCUT2D eigenvalue weighted by molar-refractivity contribution is 5.30. The summed E-state index contributed by atoms with van der Waals surface area (Å²) < 4.78 is 5.23. The van der Waals surface area contributed by atoms with Crippen molar-refractivity contribution in [2.24, 2.45) is 0 Å². The van der Waals surface area contributed by atoms with Gasteiger partial charge >= 0.3 is 0 Å². The van der Waals surface area contributed by atoms with E-state index in [2.05, 4.69) is 46.7 Å². The normalized spacial score (nSPS) is 17.1. The molecule has 92 valence electrons. The average molecular weight is 240 g/mol. The second-order valence-electron chi connectivity index (χ2n) is 4.53. The number of rotatable bonds is 4. The third-order valence-electron chi connectivity index (χ3n) is 3.21. The molecule has 2 heterocycles. The second kappa shape index (κ2) is 5.29. The lowest BCUT2D eigenvalue weighted by Crippen LogP contribution is -2.47. The third kappa shape index (κ3) is 2.42. The Kier molecular flexibility index (Phi) is 3.35. The first-order chi connectivity index (χ1) is 8.93. The quantitative estimate of drug-likeness (QED) is 0.889. The van der Waals surface area contributed by atoms with Crippen molar-refractivity contribution in [2.45, 2.75) is 12.1 Å². The lowest BCUT2D eigenvalue weighted by molar-refractivity contribution is -0.00826. The highest BCUT2D eigenvalue weighted by atomic mass is 16.5. The monoisotopic (exact) mass is 240 g/mol. The summed E-state index contributed by atoms with van der Waals surface area (Å²) in [5.41, 5.74) is 2.51. The molecule has 1 aromatic heterocycles. The van der Waals surface area contributed by atoms with Gasteiger partial charge in [0.2, 0.25) is 0 Å². The van der Waals surface area contributed by atoms with Crippen molar-refractivity contribution in [3.63, 3.8) is 0 Å². The van der Waals surface area contributed by atoms with E-state index in [1.54, 1.807) is 0 Å². The predicted octanol–water partition coefficient (Wildman–Crippen LogP) is 2.16. The Hall–Kier alpha value is -1.71. The van der Waals surface area contributed by atoms with Gasteiger partial charge in [0, 0.05) is 12.4 Å². The minimum Gasteiger partial charge on any atom is -0.378 e. The highest BCUT2D eigenvalue weighted by Gasteiger charge is 2.23. The lowest BCUT2D eigenvalue weighted by Gasteiger charge is -2.32. The van der Waals surface area contributed by atoms with Crippen molar-refractivity contribution in [1.29, 1.82) is 0 Å². The molecule has 0 amide bonds. The molecule has 1 atom stereocenters. The number of aromatic nitrogens is 1. The van der Waals surface area contributed by atoms with Crippen LogP contribution >= 0.6 is 0 Å². The predicted molar refractivity (Wildman–Crippen MR) is 70.3 cm³/mol. The minimum atomic E-state index is 0.211. The summed E-state index contributed by atoms with van der Waals surface area (Å²) in [4.78, 5) is 4.08. The number of hydrogen-bond donors (Lipinski definition) is 1. The zero-order chi connectivity index (χ0) is 12.2. The fraction of sp³-hybridized carbons (Fsp3) is 0.267. The van der Waals surface area contributed by atoms with Gasteiger partial charge in [0.15, 0.2) is 0 Å². The van der Waals surface area contributed by atoms with Crippen LogP contribution in [0.4, 0.5) is 0 Å². The van der Waals surface area contributed by atoms with Crippen LogP contribution in [0, 0.1) is 0 Å². The summed E-state index contributed by atoms with van der Waals surface area (Å²) in [5, 5.41) is 3.63. The Bertz CT molecular complexity index is 443. The molecular formula is C15H16N2O. The standard InChI is InChI=1S/C15H16N2O/c1-2-4-12(5-3-1)15(17-14-10-18-11-14)13-6-8-16-9-7-13/h1-9,14-15,17H,10-11H2. The van der Waals surface area contributed by atoms with Crippen LogP contribution in [0.2, 0.25) is 0 Å². The molecule has 0 spiro atoms. The SMILES string of the molecule is c1ccc(C(NC2COC2)c2ccncc2)cc1. The van der Waals surface area contributed by atoms with Crippen molar-refractivity contribution in [3.05, 3.63) is 66.0 Å². The Morgan fingerprint density at radius 1 is 1.00 bits per heavy atom. The molecular weight excluding hydrogens is 224 g/mol. The fourth-order valence-electron chi connectivity index (χ4n) is 2.15. The minimum absolute atomic E-state index is 0.211. The van der Waals surface area contributed by atoms with E-state index < -0.39 is 0 Å². The van der Waals surface area contributed by atoms with E-state index in [1.807, 2.05) is 18.5 Å². The summed E-state index contributed by atoms with van der Waals surface area (Å²) >= 11 is 0. The number of nitrogens with zero attached hydrogens (tertiary/aromatic N) is 1. The summed E-state index contributed by atoms with van der Waals surface area (Å²) in [5.74, 6) is 0. The maximum absolute atomic E-state index is 5.23. The van der Waals surface area contributed by atoms with Crippen LogP contribution in [0.1, 0.15) is 17.2 Å². The molecule has 1 aromatic carbocycles. The van der Waals surface area contributed by atoms with E-state index in [9.17, 15) is 0 Å². The molecule has 3 heteroatoms. The van der Waals surface area contributed by atoms with Gasteiger partial charge in [-0.2, -0.15) is 0 Å². The maximum Gasteiger partial charge on any atom is 0.0643 e. The van der Waals surface area contributed by atoms with Crippen molar-refractivity contribution in [1.82, 2.24) is 10.3 Å². The second-order valence-corrected chi connectivity index (χ2v) is 4.53. The third-order valence-corrected chi connectivity index (χ3v) is 3.21. The fourth-order valence-corrected chi connectivity index (χ4v) is 2.15. The zero-order valence-electron chi connectivity index (χ0n) is 10.1. The van der Waals surface area contributed by atoms with Crippen LogP contribution in [0.5, 0.6) is 0 Å². The summed E-state index contributed by atoms with van der Waals surface area (Å²) in [7, 11) is 0. The molecule has 1 saturated heterocycles. The van der Waals surface area contributed by atoms with E-state index in [4.69, 9.17) is 4.74 Å². The molecule has 0 saturated carbocycles. The number of benzene rings is 1. The first-order valence-electron chi connectivity index (χ1n) is 6.22. The molecule has 2 aromatic rings. The van der Waals surface area contributed by atoms with Crippen molar-refractivity contribution in [3.8, 4) is 0 Å². The van der Waals surface area contributed by atoms with Crippen LogP contribution in [-0.4, -0.2) is 24.2 Å². The van der Waals surface area contributed by atoms with Crippen molar-refractivity contribution in [2.75, 3.05) is 13.2 Å². The summed E-state index contributed by atoms with van der Waals surface area (Å²) in [6.45, 7) is 1.60. The van der Waals surface area contributed by atoms with Gasteiger partial charge in [-0.1, -0.05) is 30.3 Å². The van der Waals surface area contributed by atoms with Gasteiger partial charge in [0.25, 0.3) is 0 Å². The van der Waals surface area contributed by atoms with Gasteiger partial charge in [0.1, 0.15) is 0 Å². The number of pyridine rings is 1. The molecule has 3 rings (SSSR count). The molecule has 18 heavy (non-hydrogen) atoms. The van der Waals surface area contributed by atoms with Crippen molar-refractivity contribution < 1.29 is 4.74 Å². The van der Waals surface area contributed by atoms with E-state index in [0.29, 0.717) is 6.04 Å². The Labute approximate surface area is 107 Å². The van der Waals surface area contributed by atoms with E-state index in [-0.39, 0.29) is 6.04 Å². The molecule has 1 fully saturated rings. The lowest BCUT2D eigenvalue weighted by atomic mass is 9.98. The van der Waals surface area contributed by atoms with Gasteiger partial charge in [0.05, 0.1) is 25.3 Å². The van der Waals surface area contributed by atoms with Crippen LogP contribution in [0.25, 0.3) is 0 Å². The summed E-state index contributed by atoms with van der Waals surface area (Å²) in [6.07, 6.45) is 3.68. The maximum atomic E-state index is 5.23. The van der Waals surface area contributed by atoms with E-state index in [1.165, 1.54) is 11.1 Å². The van der Waals surface area contributed by atoms with E-state index >= 15 is 0 Å². The molecule has 1 unspecified atom stereocenters. The molecule has 1 N–H and O–H groups in total. The van der Waals surface area contributed by atoms with E-state index in [0.717, 1.165) is 13.2 Å². The first kappa shape index (κ1) is 11.4. The molecule has 0 bridgehead atoms. The molecule has 0 radical (unpaired) electrons. The van der Waals surface area contributed by atoms with Gasteiger partial charge in [-0.3, -0.25) is 10.3 Å². The van der Waals surface area contributed by atoms with Crippen molar-refractivity contribution >= 4 is 0 Å². The average Bonchev–Trinajstić information content (AvgIpc) is 2.40. The number of hydrogen-bond acceptors (Lipinski definition) is 3. The summed E-state index contributed by atoms with van der Waals surface area (Å²) in [6, 6.07) is 15.3. The number of ether oxygens (including phenoxy) is 1. The Morgan fingerprint density at radius 3 is 2.28 bits per heavy atom. The first-order valence-corrected chi connectivity index (χ1v) is 6.22. The largest absolute Gasteiger partial charge is 0.378 e. The Balaban J connectivity index is 1.88. The molecule has 1 aliphatic heterocycles. The van der Waals surface area contributed by atoms with Gasteiger partial charge < -0.3 is 4.74 Å². The van der Waals surface area contributed by atoms with Crippen LogP contribution in [0.3, 0.4) is 0 Å².